The fraction of sp³-hybridized carbons (Fsp3) is 0.933. The van der Waals surface area contributed by atoms with Crippen molar-refractivity contribution in [3.05, 3.63) is 0 Å². The lowest BCUT2D eigenvalue weighted by molar-refractivity contribution is -0.137. The number of carbonyl (C=O) groups is 1. The number of fused-ring (bicyclic) bond motifs is 1. The van der Waals surface area contributed by atoms with Gasteiger partial charge in [0.2, 0.25) is 0 Å². The van der Waals surface area contributed by atoms with E-state index in [-0.39, 0.29) is 6.42 Å². The monoisotopic (exact) mass is 281 g/mol. The molecular formula is C15H27N3O2. The van der Waals surface area contributed by atoms with Gasteiger partial charge in [-0.3, -0.25) is 9.69 Å². The summed E-state index contributed by atoms with van der Waals surface area (Å²) in [4.78, 5) is 18.3. The maximum Gasteiger partial charge on any atom is 0.304 e. The maximum absolute atomic E-state index is 10.6. The lowest BCUT2D eigenvalue weighted by Gasteiger charge is -2.44. The third-order valence-electron chi connectivity index (χ3n) is 5.36. The summed E-state index contributed by atoms with van der Waals surface area (Å²) in [5.74, 6) is -0.680. The Bertz CT molecular complexity index is 342. The van der Waals surface area contributed by atoms with Crippen molar-refractivity contribution in [3.8, 4) is 0 Å². The van der Waals surface area contributed by atoms with Crippen LogP contribution in [-0.4, -0.2) is 83.7 Å². The summed E-state index contributed by atoms with van der Waals surface area (Å²) in [5.41, 5.74) is 0. The molecule has 3 aliphatic heterocycles. The molecule has 5 heteroatoms. The number of piperazine rings is 1. The van der Waals surface area contributed by atoms with Crippen LogP contribution in [0.1, 0.15) is 32.1 Å². The van der Waals surface area contributed by atoms with Crippen molar-refractivity contribution < 1.29 is 9.90 Å². The van der Waals surface area contributed by atoms with Crippen LogP contribution in [-0.2, 0) is 4.79 Å². The van der Waals surface area contributed by atoms with Crippen molar-refractivity contribution in [1.82, 2.24) is 14.7 Å². The Hall–Kier alpha value is -0.650. The van der Waals surface area contributed by atoms with Gasteiger partial charge in [0.1, 0.15) is 0 Å². The molecule has 5 nitrogen and oxygen atoms in total. The van der Waals surface area contributed by atoms with Gasteiger partial charge in [-0.25, -0.2) is 0 Å². The molecule has 3 fully saturated rings. The summed E-state index contributed by atoms with van der Waals surface area (Å²) >= 11 is 0. The summed E-state index contributed by atoms with van der Waals surface area (Å²) in [6, 6.07) is 1.62. The second kappa shape index (κ2) is 6.41. The molecule has 0 radical (unpaired) electrons. The van der Waals surface area contributed by atoms with Crippen LogP contribution in [0.4, 0.5) is 0 Å². The van der Waals surface area contributed by atoms with Crippen molar-refractivity contribution in [3.63, 3.8) is 0 Å². The second-order valence-electron chi connectivity index (χ2n) is 6.53. The number of carboxylic acids is 1. The van der Waals surface area contributed by atoms with Crippen LogP contribution in [0.25, 0.3) is 0 Å². The highest BCUT2D eigenvalue weighted by molar-refractivity contribution is 5.66. The molecule has 1 N–H and O–H groups in total. The van der Waals surface area contributed by atoms with Crippen molar-refractivity contribution >= 4 is 5.97 Å². The molecule has 0 amide bonds. The lowest BCUT2D eigenvalue weighted by Crippen LogP contribution is -2.54. The first kappa shape index (κ1) is 14.3. The summed E-state index contributed by atoms with van der Waals surface area (Å²) in [7, 11) is 0. The standard InChI is InChI=1S/C15H27N3O2/c19-15(20)4-6-16-8-10-18(11-9-16)14-3-7-17-5-1-2-13(17)12-14/h13-14H,1-12H2,(H,19,20). The number of hydrogen-bond donors (Lipinski definition) is 1. The predicted molar refractivity (Wildman–Crippen MR) is 77.9 cm³/mol. The van der Waals surface area contributed by atoms with E-state index in [1.165, 1.54) is 38.8 Å². The topological polar surface area (TPSA) is 47.0 Å². The van der Waals surface area contributed by atoms with Gasteiger partial charge in [-0.15, -0.1) is 0 Å². The van der Waals surface area contributed by atoms with Gasteiger partial charge in [0, 0.05) is 44.8 Å². The van der Waals surface area contributed by atoms with Crippen molar-refractivity contribution in [1.29, 1.82) is 0 Å². The van der Waals surface area contributed by atoms with Gasteiger partial charge in [-0.05, 0) is 38.8 Å². The first-order valence-electron chi connectivity index (χ1n) is 8.14. The average molecular weight is 281 g/mol. The molecule has 3 rings (SSSR count). The predicted octanol–water partition coefficient (Wildman–Crippen LogP) is 0.706. The minimum atomic E-state index is -0.680. The first-order chi connectivity index (χ1) is 9.72. The third-order valence-corrected chi connectivity index (χ3v) is 5.36. The molecule has 0 aromatic heterocycles. The normalized spacial score (nSPS) is 33.2. The van der Waals surface area contributed by atoms with E-state index in [9.17, 15) is 4.79 Å². The fourth-order valence-corrected chi connectivity index (χ4v) is 4.14. The Morgan fingerprint density at radius 3 is 2.40 bits per heavy atom. The number of hydrogen-bond acceptors (Lipinski definition) is 4. The summed E-state index contributed by atoms with van der Waals surface area (Å²) in [5, 5.41) is 8.75. The van der Waals surface area contributed by atoms with Gasteiger partial charge >= 0.3 is 5.97 Å². The van der Waals surface area contributed by atoms with Crippen LogP contribution in [0.5, 0.6) is 0 Å². The van der Waals surface area contributed by atoms with Crippen molar-refractivity contribution in [2.45, 2.75) is 44.2 Å². The van der Waals surface area contributed by atoms with Gasteiger partial charge < -0.3 is 14.9 Å². The van der Waals surface area contributed by atoms with Crippen LogP contribution in [0, 0.1) is 0 Å². The smallest absolute Gasteiger partial charge is 0.304 e. The van der Waals surface area contributed by atoms with E-state index in [4.69, 9.17) is 5.11 Å². The third kappa shape index (κ3) is 3.32. The van der Waals surface area contributed by atoms with Crippen LogP contribution in [0.2, 0.25) is 0 Å². The molecule has 0 saturated carbocycles. The minimum absolute atomic E-state index is 0.278. The molecule has 0 aromatic rings. The zero-order valence-electron chi connectivity index (χ0n) is 12.3. The van der Waals surface area contributed by atoms with Gasteiger partial charge in [-0.2, -0.15) is 0 Å². The molecule has 2 unspecified atom stereocenters. The SMILES string of the molecule is O=C(O)CCN1CCN(C2CCN3CCCC3C2)CC1. The molecule has 0 aromatic carbocycles. The Morgan fingerprint density at radius 2 is 1.65 bits per heavy atom. The quantitative estimate of drug-likeness (QED) is 0.822. The zero-order valence-corrected chi connectivity index (χ0v) is 12.3. The highest BCUT2D eigenvalue weighted by atomic mass is 16.4. The molecule has 20 heavy (non-hydrogen) atoms. The summed E-state index contributed by atoms with van der Waals surface area (Å²) in [6.45, 7) is 7.64. The number of aliphatic carboxylic acids is 1. The number of nitrogens with zero attached hydrogens (tertiary/aromatic N) is 3. The highest BCUT2D eigenvalue weighted by Crippen LogP contribution is 2.29. The van der Waals surface area contributed by atoms with E-state index in [2.05, 4.69) is 14.7 Å². The molecule has 0 aliphatic carbocycles. The molecule has 3 aliphatic rings. The number of piperidine rings is 1. The Labute approximate surface area is 121 Å². The van der Waals surface area contributed by atoms with Gasteiger partial charge in [0.15, 0.2) is 0 Å². The van der Waals surface area contributed by atoms with Crippen LogP contribution in [0.15, 0.2) is 0 Å². The highest BCUT2D eigenvalue weighted by Gasteiger charge is 2.34. The summed E-state index contributed by atoms with van der Waals surface area (Å²) in [6.07, 6.45) is 5.75. The van der Waals surface area contributed by atoms with Gasteiger partial charge in [-0.1, -0.05) is 0 Å². The van der Waals surface area contributed by atoms with Crippen molar-refractivity contribution in [2.75, 3.05) is 45.8 Å². The van der Waals surface area contributed by atoms with Gasteiger partial charge in [0.25, 0.3) is 0 Å². The average Bonchev–Trinajstić information content (AvgIpc) is 2.93. The number of carboxylic acid groups (broad SMARTS) is 1. The molecule has 2 atom stereocenters. The van der Waals surface area contributed by atoms with Gasteiger partial charge in [0.05, 0.1) is 6.42 Å². The van der Waals surface area contributed by atoms with Crippen LogP contribution >= 0.6 is 0 Å². The van der Waals surface area contributed by atoms with Crippen molar-refractivity contribution in [2.24, 2.45) is 0 Å². The van der Waals surface area contributed by atoms with Crippen LogP contribution in [0.3, 0.4) is 0 Å². The summed E-state index contributed by atoms with van der Waals surface area (Å²) < 4.78 is 0. The first-order valence-corrected chi connectivity index (χ1v) is 8.14. The molecule has 0 spiro atoms. The van der Waals surface area contributed by atoms with E-state index in [0.29, 0.717) is 6.54 Å². The molecule has 114 valence electrons. The van der Waals surface area contributed by atoms with Crippen LogP contribution < -0.4 is 0 Å². The Morgan fingerprint density at radius 1 is 0.950 bits per heavy atom. The molecular weight excluding hydrogens is 254 g/mol. The molecule has 0 bridgehead atoms. The number of rotatable bonds is 4. The lowest BCUT2D eigenvalue weighted by atomic mass is 9.95. The van der Waals surface area contributed by atoms with E-state index in [0.717, 1.165) is 38.3 Å². The Kier molecular flexibility index (Phi) is 4.58. The molecule has 3 heterocycles. The second-order valence-corrected chi connectivity index (χ2v) is 6.53. The minimum Gasteiger partial charge on any atom is -0.481 e. The van der Waals surface area contributed by atoms with E-state index in [1.54, 1.807) is 0 Å². The zero-order chi connectivity index (χ0) is 13.9. The van der Waals surface area contributed by atoms with E-state index in [1.807, 2.05) is 0 Å². The van der Waals surface area contributed by atoms with E-state index < -0.39 is 5.97 Å². The fourth-order valence-electron chi connectivity index (χ4n) is 4.14. The largest absolute Gasteiger partial charge is 0.481 e. The Balaban J connectivity index is 1.43. The molecule has 3 saturated heterocycles. The maximum atomic E-state index is 10.6. The van der Waals surface area contributed by atoms with E-state index >= 15 is 0 Å².